The highest BCUT2D eigenvalue weighted by molar-refractivity contribution is 5.92. The Bertz CT molecular complexity index is 341. The molecule has 80 valence electrons. The van der Waals surface area contributed by atoms with E-state index in [4.69, 9.17) is 5.73 Å². The average Bonchev–Trinajstić information content (AvgIpc) is 2.30. The van der Waals surface area contributed by atoms with Crippen molar-refractivity contribution in [2.75, 3.05) is 18.8 Å². The van der Waals surface area contributed by atoms with Gasteiger partial charge in [0, 0.05) is 13.1 Å². The maximum Gasteiger partial charge on any atom is 0.272 e. The van der Waals surface area contributed by atoms with E-state index in [1.54, 1.807) is 12.1 Å². The zero-order chi connectivity index (χ0) is 10.7. The Hall–Kier alpha value is -1.58. The quantitative estimate of drug-likeness (QED) is 0.751. The van der Waals surface area contributed by atoms with Crippen LogP contribution in [0.5, 0.6) is 0 Å². The first kappa shape index (κ1) is 9.96. The molecule has 0 atom stereocenters. The standard InChI is InChI=1S/C11H15N3O/c12-9-4-5-10(13-8-9)11(15)14-6-2-1-3-7-14/h4-5,8H,1-3,6-7,12H2. The normalized spacial score (nSPS) is 16.4. The Morgan fingerprint density at radius 1 is 1.27 bits per heavy atom. The lowest BCUT2D eigenvalue weighted by molar-refractivity contribution is 0.0718. The van der Waals surface area contributed by atoms with Crippen LogP contribution in [0.1, 0.15) is 29.8 Å². The van der Waals surface area contributed by atoms with E-state index in [9.17, 15) is 4.79 Å². The number of carbonyl (C=O) groups excluding carboxylic acids is 1. The molecule has 0 radical (unpaired) electrons. The number of nitrogens with two attached hydrogens (primary N) is 1. The first-order valence-corrected chi connectivity index (χ1v) is 5.28. The summed E-state index contributed by atoms with van der Waals surface area (Å²) in [5, 5.41) is 0. The van der Waals surface area contributed by atoms with Crippen molar-refractivity contribution in [1.82, 2.24) is 9.88 Å². The third-order valence-electron chi connectivity index (χ3n) is 2.65. The minimum absolute atomic E-state index is 0.0229. The fraction of sp³-hybridized carbons (Fsp3) is 0.455. The molecular weight excluding hydrogens is 190 g/mol. The fourth-order valence-electron chi connectivity index (χ4n) is 1.79. The van der Waals surface area contributed by atoms with Gasteiger partial charge >= 0.3 is 0 Å². The number of anilines is 1. The van der Waals surface area contributed by atoms with E-state index in [1.807, 2.05) is 4.90 Å². The monoisotopic (exact) mass is 205 g/mol. The minimum Gasteiger partial charge on any atom is -0.397 e. The third-order valence-corrected chi connectivity index (χ3v) is 2.65. The lowest BCUT2D eigenvalue weighted by Gasteiger charge is -2.26. The number of nitrogen functional groups attached to an aromatic ring is 1. The summed E-state index contributed by atoms with van der Waals surface area (Å²) in [4.78, 5) is 17.8. The molecular formula is C11H15N3O. The van der Waals surface area contributed by atoms with Crippen molar-refractivity contribution in [3.8, 4) is 0 Å². The predicted molar refractivity (Wildman–Crippen MR) is 58.4 cm³/mol. The zero-order valence-electron chi connectivity index (χ0n) is 8.65. The van der Waals surface area contributed by atoms with Crippen LogP contribution >= 0.6 is 0 Å². The number of pyridine rings is 1. The van der Waals surface area contributed by atoms with Crippen LogP contribution in [0.3, 0.4) is 0 Å². The highest BCUT2D eigenvalue weighted by Gasteiger charge is 2.18. The van der Waals surface area contributed by atoms with Crippen LogP contribution in [0.4, 0.5) is 5.69 Å². The summed E-state index contributed by atoms with van der Waals surface area (Å²) in [7, 11) is 0. The predicted octanol–water partition coefficient (Wildman–Crippen LogP) is 1.29. The molecule has 0 aliphatic carbocycles. The summed E-state index contributed by atoms with van der Waals surface area (Å²) in [5.74, 6) is 0.0229. The van der Waals surface area contributed by atoms with Crippen LogP contribution in [-0.4, -0.2) is 28.9 Å². The number of nitrogens with zero attached hydrogens (tertiary/aromatic N) is 2. The molecule has 2 rings (SSSR count). The molecule has 4 nitrogen and oxygen atoms in total. The maximum atomic E-state index is 11.9. The molecule has 2 N–H and O–H groups in total. The van der Waals surface area contributed by atoms with E-state index in [0.29, 0.717) is 11.4 Å². The molecule has 0 saturated carbocycles. The Kier molecular flexibility index (Phi) is 2.85. The van der Waals surface area contributed by atoms with Gasteiger partial charge in [0.15, 0.2) is 0 Å². The minimum atomic E-state index is 0.0229. The Morgan fingerprint density at radius 2 is 2.00 bits per heavy atom. The molecule has 1 aliphatic heterocycles. The van der Waals surface area contributed by atoms with Crippen LogP contribution in [0.25, 0.3) is 0 Å². The first-order chi connectivity index (χ1) is 7.27. The van der Waals surface area contributed by atoms with Crippen molar-refractivity contribution in [3.05, 3.63) is 24.0 Å². The van der Waals surface area contributed by atoms with Gasteiger partial charge in [-0.2, -0.15) is 0 Å². The van der Waals surface area contributed by atoms with Gasteiger partial charge in [-0.1, -0.05) is 0 Å². The second kappa shape index (κ2) is 4.29. The van der Waals surface area contributed by atoms with Crippen molar-refractivity contribution < 1.29 is 4.79 Å². The van der Waals surface area contributed by atoms with Gasteiger partial charge < -0.3 is 10.6 Å². The van der Waals surface area contributed by atoms with E-state index < -0.39 is 0 Å². The van der Waals surface area contributed by atoms with Crippen LogP contribution in [-0.2, 0) is 0 Å². The van der Waals surface area contributed by atoms with Gasteiger partial charge in [0.2, 0.25) is 0 Å². The van der Waals surface area contributed by atoms with Gasteiger partial charge in [-0.15, -0.1) is 0 Å². The summed E-state index contributed by atoms with van der Waals surface area (Å²) in [5.41, 5.74) is 6.60. The van der Waals surface area contributed by atoms with Crippen molar-refractivity contribution in [2.45, 2.75) is 19.3 Å². The lowest BCUT2D eigenvalue weighted by Crippen LogP contribution is -2.36. The van der Waals surface area contributed by atoms with E-state index in [2.05, 4.69) is 4.98 Å². The van der Waals surface area contributed by atoms with Crippen LogP contribution < -0.4 is 5.73 Å². The van der Waals surface area contributed by atoms with E-state index in [0.717, 1.165) is 25.9 Å². The first-order valence-electron chi connectivity index (χ1n) is 5.28. The summed E-state index contributed by atoms with van der Waals surface area (Å²) in [6, 6.07) is 3.40. The number of hydrogen-bond donors (Lipinski definition) is 1. The number of likely N-dealkylation sites (tertiary alicyclic amines) is 1. The van der Waals surface area contributed by atoms with Gasteiger partial charge in [-0.25, -0.2) is 4.98 Å². The number of rotatable bonds is 1. The molecule has 0 spiro atoms. The van der Waals surface area contributed by atoms with Crippen LogP contribution in [0, 0.1) is 0 Å². The molecule has 1 saturated heterocycles. The third kappa shape index (κ3) is 2.26. The van der Waals surface area contributed by atoms with Gasteiger partial charge in [0.1, 0.15) is 5.69 Å². The average molecular weight is 205 g/mol. The zero-order valence-corrected chi connectivity index (χ0v) is 8.65. The highest BCUT2D eigenvalue weighted by Crippen LogP contribution is 2.12. The molecule has 2 heterocycles. The topological polar surface area (TPSA) is 59.2 Å². The van der Waals surface area contributed by atoms with Gasteiger partial charge in [0.25, 0.3) is 5.91 Å². The van der Waals surface area contributed by atoms with Gasteiger partial charge in [0.05, 0.1) is 11.9 Å². The number of amides is 1. The Morgan fingerprint density at radius 3 is 2.60 bits per heavy atom. The smallest absolute Gasteiger partial charge is 0.272 e. The SMILES string of the molecule is Nc1ccc(C(=O)N2CCCCC2)nc1. The second-order valence-corrected chi connectivity index (χ2v) is 3.83. The van der Waals surface area contributed by atoms with Crippen LogP contribution in [0.2, 0.25) is 0 Å². The fourth-order valence-corrected chi connectivity index (χ4v) is 1.79. The molecule has 1 aromatic rings. The largest absolute Gasteiger partial charge is 0.397 e. The van der Waals surface area contributed by atoms with Crippen molar-refractivity contribution in [1.29, 1.82) is 0 Å². The summed E-state index contributed by atoms with van der Waals surface area (Å²) in [6.45, 7) is 1.70. The number of hydrogen-bond acceptors (Lipinski definition) is 3. The van der Waals surface area contributed by atoms with Crippen molar-refractivity contribution in [2.24, 2.45) is 0 Å². The molecule has 1 amide bonds. The molecule has 4 heteroatoms. The molecule has 15 heavy (non-hydrogen) atoms. The van der Waals surface area contributed by atoms with E-state index in [-0.39, 0.29) is 5.91 Å². The number of piperidine rings is 1. The van der Waals surface area contributed by atoms with E-state index in [1.165, 1.54) is 12.6 Å². The summed E-state index contributed by atoms with van der Waals surface area (Å²) in [6.07, 6.45) is 4.94. The molecule has 0 aromatic carbocycles. The van der Waals surface area contributed by atoms with Crippen molar-refractivity contribution in [3.63, 3.8) is 0 Å². The number of aromatic nitrogens is 1. The number of carbonyl (C=O) groups is 1. The van der Waals surface area contributed by atoms with Gasteiger partial charge in [-0.05, 0) is 31.4 Å². The van der Waals surface area contributed by atoms with Gasteiger partial charge in [-0.3, -0.25) is 4.79 Å². The summed E-state index contributed by atoms with van der Waals surface area (Å²) < 4.78 is 0. The molecule has 1 aliphatic rings. The highest BCUT2D eigenvalue weighted by atomic mass is 16.2. The molecule has 1 fully saturated rings. The molecule has 0 bridgehead atoms. The van der Waals surface area contributed by atoms with E-state index >= 15 is 0 Å². The Labute approximate surface area is 89.1 Å². The molecule has 0 unspecified atom stereocenters. The van der Waals surface area contributed by atoms with Crippen LogP contribution in [0.15, 0.2) is 18.3 Å². The Balaban J connectivity index is 2.09. The maximum absolute atomic E-state index is 11.9. The summed E-state index contributed by atoms with van der Waals surface area (Å²) >= 11 is 0. The van der Waals surface area contributed by atoms with Crippen molar-refractivity contribution >= 4 is 11.6 Å². The lowest BCUT2D eigenvalue weighted by atomic mass is 10.1. The molecule has 1 aromatic heterocycles. The second-order valence-electron chi connectivity index (χ2n) is 3.83.